The maximum atomic E-state index is 13.3. The molecule has 3 aliphatic heterocycles. The van der Waals surface area contributed by atoms with Gasteiger partial charge < -0.3 is 30.7 Å². The third-order valence-electron chi connectivity index (χ3n) is 6.08. The van der Waals surface area contributed by atoms with Gasteiger partial charge in [0.25, 0.3) is 11.8 Å². The Morgan fingerprint density at radius 3 is 2.74 bits per heavy atom. The lowest BCUT2D eigenvalue weighted by Crippen LogP contribution is -2.57. The number of benzene rings is 2. The predicted octanol–water partition coefficient (Wildman–Crippen LogP) is 1.89. The van der Waals surface area contributed by atoms with Crippen LogP contribution in [0.3, 0.4) is 0 Å². The maximum Gasteiger partial charge on any atom is 0.258 e. The molecule has 11 heteroatoms. The Morgan fingerprint density at radius 2 is 1.97 bits per heavy atom. The summed E-state index contributed by atoms with van der Waals surface area (Å²) >= 11 is 1.31. The van der Waals surface area contributed by atoms with Crippen molar-refractivity contribution >= 4 is 33.4 Å². The zero-order valence-corrected chi connectivity index (χ0v) is 20.0. The molecule has 35 heavy (non-hydrogen) atoms. The Balaban J connectivity index is 1.45. The van der Waals surface area contributed by atoms with Crippen LogP contribution in [0.15, 0.2) is 42.5 Å². The third kappa shape index (κ3) is 5.29. The van der Waals surface area contributed by atoms with E-state index in [0.29, 0.717) is 53.4 Å². The van der Waals surface area contributed by atoms with Crippen molar-refractivity contribution in [2.24, 2.45) is 0 Å². The van der Waals surface area contributed by atoms with Crippen molar-refractivity contribution in [2.45, 2.75) is 32.0 Å². The van der Waals surface area contributed by atoms with E-state index in [9.17, 15) is 9.59 Å². The molecule has 182 valence electrons. The monoisotopic (exact) mass is 494 g/mol. The van der Waals surface area contributed by atoms with Gasteiger partial charge in [0.1, 0.15) is 17.6 Å². The number of amides is 2. The molecular weight excluding hydrogens is 468 g/mol. The fourth-order valence-electron chi connectivity index (χ4n) is 4.14. The van der Waals surface area contributed by atoms with Crippen molar-refractivity contribution in [1.29, 1.82) is 0 Å². The van der Waals surface area contributed by atoms with Crippen LogP contribution in [-0.2, 0) is 11.3 Å². The molecule has 0 unspecified atom stereocenters. The van der Waals surface area contributed by atoms with Gasteiger partial charge in [-0.1, -0.05) is 29.5 Å². The summed E-state index contributed by atoms with van der Waals surface area (Å²) in [4.78, 5) is 27.6. The van der Waals surface area contributed by atoms with Crippen molar-refractivity contribution < 1.29 is 19.1 Å². The number of hydrogen-bond donors (Lipinski definition) is 3. The number of carbonyl (C=O) groups excluding carboxylic acids is 2. The van der Waals surface area contributed by atoms with E-state index in [-0.39, 0.29) is 30.6 Å². The molecule has 1 aromatic heterocycles. The molecule has 0 saturated carbocycles. The number of nitrogens with two attached hydrogens (primary N) is 1. The number of aromatic nitrogens is 2. The first-order chi connectivity index (χ1) is 16.9. The lowest BCUT2D eigenvalue weighted by Gasteiger charge is -2.38. The van der Waals surface area contributed by atoms with Crippen LogP contribution >= 0.6 is 11.3 Å². The van der Waals surface area contributed by atoms with E-state index in [1.54, 1.807) is 18.2 Å². The number of anilines is 2. The second-order valence-electron chi connectivity index (χ2n) is 8.58. The van der Waals surface area contributed by atoms with Gasteiger partial charge >= 0.3 is 0 Å². The summed E-state index contributed by atoms with van der Waals surface area (Å²) in [5, 5.41) is 15.2. The third-order valence-corrected chi connectivity index (χ3v) is 6.89. The van der Waals surface area contributed by atoms with Gasteiger partial charge in [-0.15, -0.1) is 10.2 Å². The van der Waals surface area contributed by atoms with Gasteiger partial charge in [-0.25, -0.2) is 0 Å². The van der Waals surface area contributed by atoms with Crippen LogP contribution in [0.5, 0.6) is 11.5 Å². The highest BCUT2D eigenvalue weighted by Gasteiger charge is 2.34. The molecule has 10 nitrogen and oxygen atoms in total. The Hall–Kier alpha value is -3.86. The second kappa shape index (κ2) is 9.79. The molecule has 6 rings (SSSR count). The molecule has 3 aromatic rings. The van der Waals surface area contributed by atoms with Gasteiger partial charge in [0, 0.05) is 31.6 Å². The molecule has 2 amide bonds. The highest BCUT2D eigenvalue weighted by atomic mass is 32.1. The minimum Gasteiger partial charge on any atom is -0.488 e. The molecule has 0 aliphatic carbocycles. The Morgan fingerprint density at radius 1 is 1.14 bits per heavy atom. The molecule has 0 spiro atoms. The number of carbonyl (C=O) groups is 2. The average Bonchev–Trinajstić information content (AvgIpc) is 3.29. The van der Waals surface area contributed by atoms with E-state index in [0.717, 1.165) is 11.1 Å². The smallest absolute Gasteiger partial charge is 0.258 e. The molecule has 4 N–H and O–H groups in total. The van der Waals surface area contributed by atoms with Crippen molar-refractivity contribution in [3.63, 3.8) is 0 Å². The summed E-state index contributed by atoms with van der Waals surface area (Å²) in [5.74, 6) is 0.690. The molecule has 0 radical (unpaired) electrons. The Labute approximate surface area is 206 Å². The second-order valence-corrected chi connectivity index (χ2v) is 9.57. The van der Waals surface area contributed by atoms with Gasteiger partial charge in [0.05, 0.1) is 6.04 Å². The van der Waals surface area contributed by atoms with Crippen LogP contribution < -0.4 is 30.7 Å². The molecular formula is C24H26N6O4S. The maximum absolute atomic E-state index is 13.3. The van der Waals surface area contributed by atoms with Gasteiger partial charge in [0.2, 0.25) is 10.3 Å². The number of nitrogen functional groups attached to an aromatic ring is 1. The Kier molecular flexibility index (Phi) is 6.41. The van der Waals surface area contributed by atoms with Crippen LogP contribution in [0.1, 0.15) is 27.9 Å². The van der Waals surface area contributed by atoms with E-state index < -0.39 is 0 Å². The first-order valence-corrected chi connectivity index (χ1v) is 12.2. The number of rotatable bonds is 1. The first-order valence-electron chi connectivity index (χ1n) is 11.3. The van der Waals surface area contributed by atoms with E-state index in [2.05, 4.69) is 25.7 Å². The van der Waals surface area contributed by atoms with Crippen LogP contribution in [-0.4, -0.2) is 53.9 Å². The average molecular weight is 495 g/mol. The largest absolute Gasteiger partial charge is 0.488 e. The summed E-state index contributed by atoms with van der Waals surface area (Å²) in [7, 11) is 0. The summed E-state index contributed by atoms with van der Waals surface area (Å²) in [6.07, 6.45) is 0.424. The highest BCUT2D eigenvalue weighted by molar-refractivity contribution is 7.18. The number of nitrogens with zero attached hydrogens (tertiary/aromatic N) is 3. The molecule has 4 bridgehead atoms. The van der Waals surface area contributed by atoms with Crippen LogP contribution in [0.2, 0.25) is 0 Å². The van der Waals surface area contributed by atoms with Gasteiger partial charge in [-0.2, -0.15) is 0 Å². The number of nitrogens with one attached hydrogen (secondary N) is 2. The number of aryl methyl sites for hydroxylation is 1. The lowest BCUT2D eigenvalue weighted by atomic mass is 10.0. The quantitative estimate of drug-likeness (QED) is 0.467. The molecule has 2 aromatic carbocycles. The molecule has 2 atom stereocenters. The number of ether oxygens (including phenoxy) is 2. The SMILES string of the molecule is Cc1ccc2cc1OCC(=O)NCc1ccc(cc1)O[C@H]1CCN(c3nnc(N)s3)C[C@@H]1NC2=O. The minimum atomic E-state index is -0.314. The standard InChI is InChI=1S/C24H26N6O4S/c1-14-2-5-16-10-20(14)33-13-21(31)26-11-15-3-6-17(7-4-15)34-19-8-9-30(12-18(19)27-22(16)32)24-29-28-23(25)35-24/h2-7,10,18-19H,8-9,11-13H2,1H3,(H2,25,28)(H,26,31)(H,27,32)/t18-,19-/m0/s1. The molecule has 3 aliphatic rings. The van der Waals surface area contributed by atoms with Crippen LogP contribution in [0.4, 0.5) is 10.3 Å². The van der Waals surface area contributed by atoms with Crippen molar-refractivity contribution in [1.82, 2.24) is 20.8 Å². The minimum absolute atomic E-state index is 0.141. The normalized spacial score (nSPS) is 20.7. The van der Waals surface area contributed by atoms with Crippen molar-refractivity contribution in [3.05, 3.63) is 59.2 Å². The number of fused-ring (bicyclic) bond motifs is 7. The number of piperidine rings is 1. The van der Waals surface area contributed by atoms with Crippen LogP contribution in [0, 0.1) is 6.92 Å². The molecule has 1 saturated heterocycles. The lowest BCUT2D eigenvalue weighted by molar-refractivity contribution is -0.123. The topological polar surface area (TPSA) is 132 Å². The van der Waals surface area contributed by atoms with Crippen LogP contribution in [0.25, 0.3) is 0 Å². The first kappa shape index (κ1) is 22.9. The zero-order valence-electron chi connectivity index (χ0n) is 19.2. The number of hydrogen-bond acceptors (Lipinski definition) is 9. The van der Waals surface area contributed by atoms with E-state index in [1.807, 2.05) is 31.2 Å². The highest BCUT2D eigenvalue weighted by Crippen LogP contribution is 2.28. The van der Waals surface area contributed by atoms with Gasteiger partial charge in [0.15, 0.2) is 6.61 Å². The van der Waals surface area contributed by atoms with E-state index in [1.165, 1.54) is 11.3 Å². The van der Waals surface area contributed by atoms with E-state index >= 15 is 0 Å². The van der Waals surface area contributed by atoms with Gasteiger partial charge in [-0.3, -0.25) is 9.59 Å². The summed E-state index contributed by atoms with van der Waals surface area (Å²) in [6.45, 7) is 3.30. The molecule has 1 fully saturated rings. The Bertz CT molecular complexity index is 1230. The fraction of sp³-hybridized carbons (Fsp3) is 0.333. The molecule has 4 heterocycles. The van der Waals surface area contributed by atoms with Crippen molar-refractivity contribution in [3.8, 4) is 11.5 Å². The van der Waals surface area contributed by atoms with Crippen molar-refractivity contribution in [2.75, 3.05) is 30.3 Å². The predicted molar refractivity (Wildman–Crippen MR) is 132 cm³/mol. The van der Waals surface area contributed by atoms with E-state index in [4.69, 9.17) is 15.2 Å². The zero-order chi connectivity index (χ0) is 24.4. The summed E-state index contributed by atoms with van der Waals surface area (Å²) < 4.78 is 12.0. The summed E-state index contributed by atoms with van der Waals surface area (Å²) in [5.41, 5.74) is 8.00. The fourth-order valence-corrected chi connectivity index (χ4v) is 4.79. The van der Waals surface area contributed by atoms with Gasteiger partial charge in [-0.05, 0) is 42.3 Å². The summed E-state index contributed by atoms with van der Waals surface area (Å²) in [6, 6.07) is 12.5.